The molecule has 0 bridgehead atoms. The summed E-state index contributed by atoms with van der Waals surface area (Å²) in [5.41, 5.74) is 3.14. The lowest BCUT2D eigenvalue weighted by Gasteiger charge is -2.09. The summed E-state index contributed by atoms with van der Waals surface area (Å²) >= 11 is 0. The number of carboxylic acids is 1. The maximum absolute atomic E-state index is 11.1. The Morgan fingerprint density at radius 2 is 1.92 bits per heavy atom. The van der Waals surface area contributed by atoms with Crippen molar-refractivity contribution in [2.75, 3.05) is 0 Å². The number of hydrogen-bond donors (Lipinski definition) is 1. The van der Waals surface area contributed by atoms with E-state index in [9.17, 15) is 4.79 Å². The van der Waals surface area contributed by atoms with Gasteiger partial charge in [0.05, 0.1) is 11.1 Å². The van der Waals surface area contributed by atoms with E-state index in [0.717, 1.165) is 28.0 Å². The molecule has 2 heterocycles. The summed E-state index contributed by atoms with van der Waals surface area (Å²) in [5.74, 6) is -0.0217. The van der Waals surface area contributed by atoms with Crippen LogP contribution in [-0.4, -0.2) is 25.6 Å². The Bertz CT molecular complexity index is 1090. The Morgan fingerprint density at radius 3 is 2.81 bits per heavy atom. The third kappa shape index (κ3) is 3.32. The summed E-state index contributed by atoms with van der Waals surface area (Å²) in [5, 5.41) is 10.3. The van der Waals surface area contributed by atoms with E-state index >= 15 is 0 Å². The van der Waals surface area contributed by atoms with Crippen molar-refractivity contribution in [1.29, 1.82) is 0 Å². The maximum atomic E-state index is 11.1. The number of para-hydroxylation sites is 1. The molecule has 4 rings (SSSR count). The number of imidazole rings is 1. The molecule has 0 aliphatic carbocycles. The fraction of sp³-hybridized carbons (Fsp3) is 0.0952. The average molecular weight is 343 g/mol. The van der Waals surface area contributed by atoms with Crippen LogP contribution in [0.5, 0.6) is 0 Å². The Morgan fingerprint density at radius 1 is 1.04 bits per heavy atom. The molecule has 5 heteroatoms. The molecule has 0 spiro atoms. The number of carboxylic acid groups (broad SMARTS) is 1. The van der Waals surface area contributed by atoms with Gasteiger partial charge in [0.2, 0.25) is 0 Å². The van der Waals surface area contributed by atoms with Gasteiger partial charge in [0, 0.05) is 36.4 Å². The van der Waals surface area contributed by atoms with Crippen molar-refractivity contribution in [1.82, 2.24) is 14.5 Å². The number of aromatic nitrogens is 3. The highest BCUT2D eigenvalue weighted by Gasteiger charge is 2.08. The molecule has 0 fully saturated rings. The van der Waals surface area contributed by atoms with Crippen LogP contribution in [0.3, 0.4) is 0 Å². The molecule has 0 saturated carbocycles. The van der Waals surface area contributed by atoms with Gasteiger partial charge in [0.25, 0.3) is 0 Å². The van der Waals surface area contributed by atoms with Gasteiger partial charge in [0.15, 0.2) is 0 Å². The number of nitrogens with zero attached hydrogens (tertiary/aromatic N) is 3. The quantitative estimate of drug-likeness (QED) is 0.599. The molecule has 0 radical (unpaired) electrons. The zero-order valence-corrected chi connectivity index (χ0v) is 14.0. The molecule has 0 atom stereocenters. The van der Waals surface area contributed by atoms with E-state index in [1.165, 1.54) is 0 Å². The molecule has 4 aromatic rings. The lowest BCUT2D eigenvalue weighted by atomic mass is 10.1. The minimum atomic E-state index is -0.918. The lowest BCUT2D eigenvalue weighted by molar-refractivity contribution is 0.0696. The first-order valence-corrected chi connectivity index (χ1v) is 8.36. The van der Waals surface area contributed by atoms with Gasteiger partial charge in [-0.05, 0) is 29.8 Å². The van der Waals surface area contributed by atoms with Gasteiger partial charge in [-0.2, -0.15) is 0 Å². The first-order chi connectivity index (χ1) is 12.7. The first-order valence-electron chi connectivity index (χ1n) is 8.36. The highest BCUT2D eigenvalue weighted by Crippen LogP contribution is 2.15. The summed E-state index contributed by atoms with van der Waals surface area (Å²) in [6.07, 6.45) is 4.29. The van der Waals surface area contributed by atoms with Crippen LogP contribution in [0.25, 0.3) is 10.9 Å². The maximum Gasteiger partial charge on any atom is 0.335 e. The topological polar surface area (TPSA) is 68.0 Å². The zero-order chi connectivity index (χ0) is 17.9. The molecule has 128 valence electrons. The predicted octanol–water partition coefficient (Wildman–Crippen LogP) is 3.77. The van der Waals surface area contributed by atoms with Crippen molar-refractivity contribution in [3.63, 3.8) is 0 Å². The molecule has 5 nitrogen and oxygen atoms in total. The Hall–Kier alpha value is -3.47. The van der Waals surface area contributed by atoms with E-state index in [-0.39, 0.29) is 0 Å². The molecule has 26 heavy (non-hydrogen) atoms. The number of hydrogen-bond acceptors (Lipinski definition) is 3. The minimum Gasteiger partial charge on any atom is -0.478 e. The largest absolute Gasteiger partial charge is 0.478 e. The van der Waals surface area contributed by atoms with Crippen molar-refractivity contribution >= 4 is 16.9 Å². The summed E-state index contributed by atoms with van der Waals surface area (Å²) in [6.45, 7) is 0.573. The van der Waals surface area contributed by atoms with Gasteiger partial charge in [-0.25, -0.2) is 9.78 Å². The van der Waals surface area contributed by atoms with Crippen molar-refractivity contribution in [3.05, 3.63) is 95.7 Å². The predicted molar refractivity (Wildman–Crippen MR) is 99.3 cm³/mol. The first kappa shape index (κ1) is 16.0. The van der Waals surface area contributed by atoms with E-state index in [1.54, 1.807) is 24.4 Å². The van der Waals surface area contributed by atoms with Crippen LogP contribution in [0.2, 0.25) is 0 Å². The SMILES string of the molecule is O=C(O)c1cccc(Cn2ccnc2Cc2ccc3ccccc3n2)c1. The Balaban J connectivity index is 1.58. The zero-order valence-electron chi connectivity index (χ0n) is 14.0. The van der Waals surface area contributed by atoms with Crippen molar-refractivity contribution in [2.24, 2.45) is 0 Å². The van der Waals surface area contributed by atoms with Gasteiger partial charge in [-0.3, -0.25) is 4.98 Å². The molecule has 0 unspecified atom stereocenters. The second-order valence-corrected chi connectivity index (χ2v) is 6.15. The molecule has 0 amide bonds. The Kier molecular flexibility index (Phi) is 4.19. The van der Waals surface area contributed by atoms with E-state index in [4.69, 9.17) is 10.1 Å². The molecule has 0 aliphatic heterocycles. The molecule has 0 saturated heterocycles. The molecule has 2 aromatic heterocycles. The van der Waals surface area contributed by atoms with Gasteiger partial charge in [0.1, 0.15) is 5.82 Å². The van der Waals surface area contributed by atoms with Crippen molar-refractivity contribution in [3.8, 4) is 0 Å². The van der Waals surface area contributed by atoms with Crippen LogP contribution in [-0.2, 0) is 13.0 Å². The average Bonchev–Trinajstić information content (AvgIpc) is 3.08. The van der Waals surface area contributed by atoms with E-state index in [0.29, 0.717) is 18.5 Å². The number of rotatable bonds is 5. The normalized spacial score (nSPS) is 10.9. The van der Waals surface area contributed by atoms with E-state index in [2.05, 4.69) is 11.1 Å². The van der Waals surface area contributed by atoms with Gasteiger partial charge >= 0.3 is 5.97 Å². The molecule has 0 aliphatic rings. The van der Waals surface area contributed by atoms with E-state index in [1.807, 2.05) is 47.2 Å². The van der Waals surface area contributed by atoms with Crippen molar-refractivity contribution in [2.45, 2.75) is 13.0 Å². The standard InChI is InChI=1S/C21H17N3O2/c25-21(26)17-6-3-4-15(12-17)14-24-11-10-22-20(24)13-18-9-8-16-5-1-2-7-19(16)23-18/h1-12H,13-14H2,(H,25,26). The molecule has 1 N–H and O–H groups in total. The number of aromatic carboxylic acids is 1. The van der Waals surface area contributed by atoms with Gasteiger partial charge < -0.3 is 9.67 Å². The van der Waals surface area contributed by atoms with E-state index < -0.39 is 5.97 Å². The number of fused-ring (bicyclic) bond motifs is 1. The Labute approximate surface area is 150 Å². The molecule has 2 aromatic carbocycles. The molecular weight excluding hydrogens is 326 g/mol. The third-order valence-corrected chi connectivity index (χ3v) is 4.32. The van der Waals surface area contributed by atoms with Gasteiger partial charge in [-0.1, -0.05) is 36.4 Å². The monoisotopic (exact) mass is 343 g/mol. The number of pyridine rings is 1. The lowest BCUT2D eigenvalue weighted by Crippen LogP contribution is -2.07. The van der Waals surface area contributed by atoms with Crippen LogP contribution < -0.4 is 0 Å². The van der Waals surface area contributed by atoms with Crippen LogP contribution in [0, 0.1) is 0 Å². The second kappa shape index (κ2) is 6.80. The number of benzene rings is 2. The fourth-order valence-corrected chi connectivity index (χ4v) is 3.02. The molecular formula is C21H17N3O2. The van der Waals surface area contributed by atoms with Gasteiger partial charge in [-0.15, -0.1) is 0 Å². The van der Waals surface area contributed by atoms with Crippen molar-refractivity contribution < 1.29 is 9.90 Å². The summed E-state index contributed by atoms with van der Waals surface area (Å²) in [4.78, 5) is 20.3. The summed E-state index contributed by atoms with van der Waals surface area (Å²) < 4.78 is 2.03. The smallest absolute Gasteiger partial charge is 0.335 e. The van der Waals surface area contributed by atoms with Crippen LogP contribution in [0.1, 0.15) is 27.4 Å². The number of carbonyl (C=O) groups is 1. The minimum absolute atomic E-state index is 0.292. The second-order valence-electron chi connectivity index (χ2n) is 6.15. The third-order valence-electron chi connectivity index (χ3n) is 4.32. The van der Waals surface area contributed by atoms with Crippen LogP contribution in [0.4, 0.5) is 0 Å². The fourth-order valence-electron chi connectivity index (χ4n) is 3.02. The summed E-state index contributed by atoms with van der Waals surface area (Å²) in [6, 6.07) is 19.1. The van der Waals surface area contributed by atoms with Crippen LogP contribution in [0.15, 0.2) is 73.1 Å². The summed E-state index contributed by atoms with van der Waals surface area (Å²) in [7, 11) is 0. The van der Waals surface area contributed by atoms with Crippen LogP contribution >= 0.6 is 0 Å². The highest BCUT2D eigenvalue weighted by molar-refractivity contribution is 5.87. The highest BCUT2D eigenvalue weighted by atomic mass is 16.4.